The van der Waals surface area contributed by atoms with Crippen molar-refractivity contribution in [3.05, 3.63) is 65.2 Å². The molecule has 0 fully saturated rings. The second-order valence-electron chi connectivity index (χ2n) is 5.31. The number of nitriles is 1. The molecular formula is C17H9F5N4. The fourth-order valence-electron chi connectivity index (χ4n) is 2.42. The number of alkyl halides is 3. The van der Waals surface area contributed by atoms with Crippen LogP contribution in [-0.2, 0) is 6.18 Å². The molecule has 0 spiro atoms. The van der Waals surface area contributed by atoms with E-state index in [0.717, 1.165) is 41.1 Å². The van der Waals surface area contributed by atoms with Gasteiger partial charge >= 0.3 is 6.18 Å². The second-order valence-corrected chi connectivity index (χ2v) is 5.31. The molecule has 0 saturated carbocycles. The molecule has 4 nitrogen and oxygen atoms in total. The number of aromatic nitrogens is 2. The third-order valence-electron chi connectivity index (χ3n) is 3.63. The topological polar surface area (TPSA) is 67.6 Å². The van der Waals surface area contributed by atoms with E-state index in [1.54, 1.807) is 6.07 Å². The molecule has 26 heavy (non-hydrogen) atoms. The molecule has 0 amide bonds. The second kappa shape index (κ2) is 6.15. The number of benzene rings is 2. The molecule has 0 atom stereocenters. The minimum absolute atomic E-state index is 0.0290. The Morgan fingerprint density at radius 2 is 1.81 bits per heavy atom. The maximum Gasteiger partial charge on any atom is 0.416 e. The van der Waals surface area contributed by atoms with Crippen molar-refractivity contribution in [3.8, 4) is 23.0 Å². The van der Waals surface area contributed by atoms with E-state index in [-0.39, 0.29) is 28.3 Å². The summed E-state index contributed by atoms with van der Waals surface area (Å²) in [6.07, 6.45) is -4.59. The first-order valence-corrected chi connectivity index (χ1v) is 7.14. The fourth-order valence-corrected chi connectivity index (χ4v) is 2.42. The van der Waals surface area contributed by atoms with Crippen LogP contribution < -0.4 is 5.73 Å². The summed E-state index contributed by atoms with van der Waals surface area (Å²) in [7, 11) is 0. The number of nitrogens with zero attached hydrogens (tertiary/aromatic N) is 3. The third kappa shape index (κ3) is 2.97. The zero-order valence-corrected chi connectivity index (χ0v) is 12.9. The summed E-state index contributed by atoms with van der Waals surface area (Å²) in [4.78, 5) is 0. The molecule has 0 unspecified atom stereocenters. The molecule has 0 bridgehead atoms. The van der Waals surface area contributed by atoms with Gasteiger partial charge in [-0.15, -0.1) is 0 Å². The van der Waals surface area contributed by atoms with E-state index in [9.17, 15) is 27.2 Å². The van der Waals surface area contributed by atoms with Crippen LogP contribution in [0.3, 0.4) is 0 Å². The predicted molar refractivity (Wildman–Crippen MR) is 83.0 cm³/mol. The first-order chi connectivity index (χ1) is 12.2. The van der Waals surface area contributed by atoms with E-state index >= 15 is 0 Å². The number of hydrogen-bond donors (Lipinski definition) is 1. The summed E-state index contributed by atoms with van der Waals surface area (Å²) in [6.45, 7) is 0. The zero-order chi connectivity index (χ0) is 19.1. The van der Waals surface area contributed by atoms with Crippen molar-refractivity contribution in [2.75, 3.05) is 5.73 Å². The number of hydrogen-bond acceptors (Lipinski definition) is 3. The Morgan fingerprint density at radius 1 is 1.08 bits per heavy atom. The van der Waals surface area contributed by atoms with Crippen LogP contribution in [0.4, 0.5) is 27.8 Å². The van der Waals surface area contributed by atoms with Gasteiger partial charge in [0.15, 0.2) is 0 Å². The minimum atomic E-state index is -4.59. The monoisotopic (exact) mass is 364 g/mol. The molecule has 9 heteroatoms. The summed E-state index contributed by atoms with van der Waals surface area (Å²) in [5, 5.41) is 13.2. The number of anilines is 1. The van der Waals surface area contributed by atoms with Crippen molar-refractivity contribution in [2.24, 2.45) is 0 Å². The smallest absolute Gasteiger partial charge is 0.382 e. The molecule has 0 aliphatic heterocycles. The molecule has 0 radical (unpaired) electrons. The lowest BCUT2D eigenvalue weighted by molar-refractivity contribution is -0.137. The molecule has 1 aromatic heterocycles. The summed E-state index contributed by atoms with van der Waals surface area (Å²) < 4.78 is 66.9. The summed E-state index contributed by atoms with van der Waals surface area (Å²) in [6, 6.07) is 8.41. The van der Waals surface area contributed by atoms with Crippen LogP contribution in [0.15, 0.2) is 42.5 Å². The van der Waals surface area contributed by atoms with Gasteiger partial charge in [0, 0.05) is 11.6 Å². The minimum Gasteiger partial charge on any atom is -0.382 e. The van der Waals surface area contributed by atoms with E-state index in [1.807, 2.05) is 0 Å². The summed E-state index contributed by atoms with van der Waals surface area (Å²) in [5.74, 6) is -1.94. The Labute approximate surface area is 143 Å². The van der Waals surface area contributed by atoms with Gasteiger partial charge in [-0.3, -0.25) is 0 Å². The average molecular weight is 364 g/mol. The molecule has 0 aliphatic carbocycles. The first kappa shape index (κ1) is 17.4. The summed E-state index contributed by atoms with van der Waals surface area (Å²) >= 11 is 0. The highest BCUT2D eigenvalue weighted by atomic mass is 19.4. The molecule has 1 heterocycles. The first-order valence-electron chi connectivity index (χ1n) is 7.14. The van der Waals surface area contributed by atoms with Crippen LogP contribution in [0.25, 0.3) is 16.9 Å². The van der Waals surface area contributed by atoms with Crippen molar-refractivity contribution in [3.63, 3.8) is 0 Å². The van der Waals surface area contributed by atoms with Crippen molar-refractivity contribution in [2.45, 2.75) is 6.18 Å². The third-order valence-corrected chi connectivity index (χ3v) is 3.63. The van der Waals surface area contributed by atoms with Crippen LogP contribution in [0.5, 0.6) is 0 Å². The Hall–Kier alpha value is -3.41. The van der Waals surface area contributed by atoms with Crippen molar-refractivity contribution in [1.29, 1.82) is 5.26 Å². The van der Waals surface area contributed by atoms with Gasteiger partial charge in [0.2, 0.25) is 0 Å². The predicted octanol–water partition coefficient (Wildman–Crippen LogP) is 4.29. The number of nitrogens with two attached hydrogens (primary N) is 1. The number of nitrogen functional groups attached to an aromatic ring is 1. The lowest BCUT2D eigenvalue weighted by Crippen LogP contribution is -2.05. The molecule has 0 aliphatic rings. The van der Waals surface area contributed by atoms with Gasteiger partial charge in [-0.25, -0.2) is 13.5 Å². The maximum atomic E-state index is 14.0. The quantitative estimate of drug-likeness (QED) is 0.690. The SMILES string of the molecule is N#Cc1c(-c2cccc(C(F)(F)F)c2)nn(-c2cc(F)ccc2F)c1N. The van der Waals surface area contributed by atoms with E-state index in [1.165, 1.54) is 6.07 Å². The largest absolute Gasteiger partial charge is 0.416 e. The van der Waals surface area contributed by atoms with E-state index in [0.29, 0.717) is 0 Å². The molecule has 2 N–H and O–H groups in total. The Kier molecular flexibility index (Phi) is 4.12. The van der Waals surface area contributed by atoms with E-state index in [2.05, 4.69) is 5.10 Å². The van der Waals surface area contributed by atoms with Crippen LogP contribution in [0, 0.1) is 23.0 Å². The van der Waals surface area contributed by atoms with Gasteiger partial charge in [0.1, 0.15) is 40.5 Å². The molecule has 132 valence electrons. The standard InChI is InChI=1S/C17H9F5N4/c18-11-4-5-13(19)14(7-11)26-16(24)12(8-23)15(25-26)9-2-1-3-10(6-9)17(20,21)22/h1-7H,24H2. The highest BCUT2D eigenvalue weighted by molar-refractivity contribution is 5.74. The van der Waals surface area contributed by atoms with Gasteiger partial charge in [0.05, 0.1) is 5.56 Å². The van der Waals surface area contributed by atoms with Gasteiger partial charge < -0.3 is 5.73 Å². The van der Waals surface area contributed by atoms with Gasteiger partial charge in [0.25, 0.3) is 0 Å². The lowest BCUT2D eigenvalue weighted by Gasteiger charge is -2.07. The molecule has 3 rings (SSSR count). The Bertz CT molecular complexity index is 1030. The fraction of sp³-hybridized carbons (Fsp3) is 0.0588. The molecule has 3 aromatic rings. The average Bonchev–Trinajstić information content (AvgIpc) is 2.93. The van der Waals surface area contributed by atoms with E-state index in [4.69, 9.17) is 5.73 Å². The molecular weight excluding hydrogens is 355 g/mol. The summed E-state index contributed by atoms with van der Waals surface area (Å²) in [5.41, 5.74) is 4.05. The van der Waals surface area contributed by atoms with E-state index < -0.39 is 23.4 Å². The lowest BCUT2D eigenvalue weighted by atomic mass is 10.0. The van der Waals surface area contributed by atoms with Crippen LogP contribution in [0.2, 0.25) is 0 Å². The van der Waals surface area contributed by atoms with Gasteiger partial charge in [-0.05, 0) is 24.3 Å². The van der Waals surface area contributed by atoms with Crippen LogP contribution >= 0.6 is 0 Å². The molecule has 0 saturated heterocycles. The number of halogens is 5. The highest BCUT2D eigenvalue weighted by Crippen LogP contribution is 2.34. The Balaban J connectivity index is 2.22. The van der Waals surface area contributed by atoms with Gasteiger partial charge in [-0.2, -0.15) is 23.5 Å². The van der Waals surface area contributed by atoms with Crippen LogP contribution in [-0.4, -0.2) is 9.78 Å². The maximum absolute atomic E-state index is 14.0. The zero-order valence-electron chi connectivity index (χ0n) is 12.9. The van der Waals surface area contributed by atoms with Crippen molar-refractivity contribution < 1.29 is 22.0 Å². The van der Waals surface area contributed by atoms with Crippen molar-refractivity contribution >= 4 is 5.82 Å². The van der Waals surface area contributed by atoms with Crippen LogP contribution in [0.1, 0.15) is 11.1 Å². The Morgan fingerprint density at radius 3 is 2.46 bits per heavy atom. The number of rotatable bonds is 2. The highest BCUT2D eigenvalue weighted by Gasteiger charge is 2.31. The normalized spacial score (nSPS) is 11.4. The van der Waals surface area contributed by atoms with Gasteiger partial charge in [-0.1, -0.05) is 12.1 Å². The molecule has 2 aromatic carbocycles. The van der Waals surface area contributed by atoms with Crippen molar-refractivity contribution in [1.82, 2.24) is 9.78 Å².